The number of nitrogens with zero attached hydrogens (tertiary/aromatic N) is 1. The Bertz CT molecular complexity index is 511. The fourth-order valence-corrected chi connectivity index (χ4v) is 2.28. The van der Waals surface area contributed by atoms with Gasteiger partial charge < -0.3 is 5.32 Å². The lowest BCUT2D eigenvalue weighted by molar-refractivity contribution is 0.546. The summed E-state index contributed by atoms with van der Waals surface area (Å²) >= 11 is 6.15. The lowest BCUT2D eigenvalue weighted by Crippen LogP contribution is -2.24. The molecule has 1 N–H and O–H groups in total. The zero-order valence-electron chi connectivity index (χ0n) is 10.7. The summed E-state index contributed by atoms with van der Waals surface area (Å²) in [7, 11) is 0. The van der Waals surface area contributed by atoms with Crippen molar-refractivity contribution in [2.24, 2.45) is 0 Å². The van der Waals surface area contributed by atoms with Crippen LogP contribution in [0.1, 0.15) is 30.5 Å². The van der Waals surface area contributed by atoms with E-state index in [0.29, 0.717) is 10.6 Å². The molecule has 1 aromatic carbocycles. The quantitative estimate of drug-likeness (QED) is 0.895. The van der Waals surface area contributed by atoms with Crippen LogP contribution >= 0.6 is 11.6 Å². The van der Waals surface area contributed by atoms with E-state index < -0.39 is 0 Å². The third-order valence-corrected chi connectivity index (χ3v) is 3.23. The molecule has 2 nitrogen and oxygen atoms in total. The first-order valence-corrected chi connectivity index (χ1v) is 6.69. The molecule has 0 radical (unpaired) electrons. The van der Waals surface area contributed by atoms with Gasteiger partial charge in [-0.1, -0.05) is 30.7 Å². The van der Waals surface area contributed by atoms with Gasteiger partial charge in [-0.25, -0.2) is 4.39 Å². The Morgan fingerprint density at radius 3 is 2.79 bits per heavy atom. The largest absolute Gasteiger partial charge is 0.306 e. The maximum Gasteiger partial charge on any atom is 0.129 e. The van der Waals surface area contributed by atoms with Gasteiger partial charge in [0.15, 0.2) is 0 Å². The highest BCUT2D eigenvalue weighted by atomic mass is 35.5. The van der Waals surface area contributed by atoms with Crippen LogP contribution in [-0.2, 0) is 0 Å². The number of halogens is 2. The van der Waals surface area contributed by atoms with E-state index in [-0.39, 0.29) is 11.9 Å². The zero-order chi connectivity index (χ0) is 13.7. The number of benzene rings is 1. The molecular formula is C15H16ClFN2. The molecule has 0 fully saturated rings. The molecule has 4 heteroatoms. The van der Waals surface area contributed by atoms with Crippen LogP contribution in [-0.4, -0.2) is 11.5 Å². The highest BCUT2D eigenvalue weighted by Gasteiger charge is 2.20. The summed E-state index contributed by atoms with van der Waals surface area (Å²) in [6, 6.07) is 8.23. The van der Waals surface area contributed by atoms with Crippen molar-refractivity contribution in [3.05, 3.63) is 64.7 Å². The van der Waals surface area contributed by atoms with Crippen LogP contribution in [0.4, 0.5) is 4.39 Å². The van der Waals surface area contributed by atoms with Crippen LogP contribution < -0.4 is 5.32 Å². The fraction of sp³-hybridized carbons (Fsp3) is 0.267. The van der Waals surface area contributed by atoms with Crippen LogP contribution in [0.25, 0.3) is 0 Å². The molecule has 0 bridgehead atoms. The maximum atomic E-state index is 14.1. The molecule has 2 rings (SSSR count). The standard InChI is InChI=1S/C15H16ClFN2/c1-2-8-19-15(11-5-4-9-18-10-11)14-12(16)6-3-7-13(14)17/h3-7,9-10,15,19H,2,8H2,1H3. The van der Waals surface area contributed by atoms with E-state index in [2.05, 4.69) is 17.2 Å². The average molecular weight is 279 g/mol. The predicted molar refractivity (Wildman–Crippen MR) is 75.8 cm³/mol. The molecule has 2 aromatic rings. The van der Waals surface area contributed by atoms with E-state index in [1.54, 1.807) is 24.5 Å². The second kappa shape index (κ2) is 6.64. The van der Waals surface area contributed by atoms with Gasteiger partial charge in [-0.2, -0.15) is 0 Å². The van der Waals surface area contributed by atoms with Gasteiger partial charge in [-0.15, -0.1) is 0 Å². The zero-order valence-corrected chi connectivity index (χ0v) is 11.5. The molecule has 1 heterocycles. The number of rotatable bonds is 5. The molecule has 1 aromatic heterocycles. The lowest BCUT2D eigenvalue weighted by atomic mass is 9.99. The first-order chi connectivity index (χ1) is 9.24. The van der Waals surface area contributed by atoms with Crippen molar-refractivity contribution in [2.45, 2.75) is 19.4 Å². The molecule has 0 saturated heterocycles. The molecule has 100 valence electrons. The van der Waals surface area contributed by atoms with Crippen LogP contribution in [0.2, 0.25) is 5.02 Å². The molecule has 0 aliphatic carbocycles. The van der Waals surface area contributed by atoms with Crippen LogP contribution in [0.3, 0.4) is 0 Å². The van der Waals surface area contributed by atoms with Crippen LogP contribution in [0, 0.1) is 5.82 Å². The Morgan fingerprint density at radius 1 is 1.32 bits per heavy atom. The summed E-state index contributed by atoms with van der Waals surface area (Å²) in [5, 5.41) is 3.75. The van der Waals surface area contributed by atoms with Gasteiger partial charge >= 0.3 is 0 Å². The number of hydrogen-bond donors (Lipinski definition) is 1. The molecule has 0 saturated carbocycles. The Hall–Kier alpha value is -1.45. The predicted octanol–water partition coefficient (Wildman–Crippen LogP) is 3.96. The SMILES string of the molecule is CCCNC(c1cccnc1)c1c(F)cccc1Cl. The van der Waals surface area contributed by atoms with Gasteiger partial charge in [0.05, 0.1) is 6.04 Å². The Balaban J connectivity index is 2.43. The third-order valence-electron chi connectivity index (χ3n) is 2.90. The molecule has 0 aliphatic heterocycles. The minimum absolute atomic E-state index is 0.276. The van der Waals surface area contributed by atoms with Crippen LogP contribution in [0.5, 0.6) is 0 Å². The summed E-state index contributed by atoms with van der Waals surface area (Å²) in [5.74, 6) is -0.301. The van der Waals surface area contributed by atoms with E-state index >= 15 is 0 Å². The van der Waals surface area contributed by atoms with E-state index in [9.17, 15) is 4.39 Å². The van der Waals surface area contributed by atoms with Crippen molar-refractivity contribution in [3.63, 3.8) is 0 Å². The number of pyridine rings is 1. The second-order valence-corrected chi connectivity index (χ2v) is 4.72. The summed E-state index contributed by atoms with van der Waals surface area (Å²) in [6.07, 6.45) is 4.39. The third kappa shape index (κ3) is 3.31. The molecule has 0 amide bonds. The van der Waals surface area contributed by atoms with Gasteiger partial charge in [0, 0.05) is 23.0 Å². The van der Waals surface area contributed by atoms with Crippen molar-refractivity contribution < 1.29 is 4.39 Å². The highest BCUT2D eigenvalue weighted by Crippen LogP contribution is 2.30. The van der Waals surface area contributed by atoms with Gasteiger partial charge in [0.1, 0.15) is 5.82 Å². The molecular weight excluding hydrogens is 263 g/mol. The van der Waals surface area contributed by atoms with Crippen LogP contribution in [0.15, 0.2) is 42.7 Å². The van der Waals surface area contributed by atoms with Crippen molar-refractivity contribution in [1.29, 1.82) is 0 Å². The van der Waals surface area contributed by atoms with Gasteiger partial charge in [-0.3, -0.25) is 4.98 Å². The van der Waals surface area contributed by atoms with Gasteiger partial charge in [-0.05, 0) is 36.7 Å². The van der Waals surface area contributed by atoms with Crippen molar-refractivity contribution in [2.75, 3.05) is 6.54 Å². The van der Waals surface area contributed by atoms with Crippen molar-refractivity contribution in [1.82, 2.24) is 10.3 Å². The average Bonchev–Trinajstić information content (AvgIpc) is 2.43. The Morgan fingerprint density at radius 2 is 2.16 bits per heavy atom. The number of nitrogens with one attached hydrogen (secondary N) is 1. The van der Waals surface area contributed by atoms with Crippen molar-refractivity contribution in [3.8, 4) is 0 Å². The number of aromatic nitrogens is 1. The van der Waals surface area contributed by atoms with E-state index in [0.717, 1.165) is 18.5 Å². The first-order valence-electron chi connectivity index (χ1n) is 6.31. The normalized spacial score (nSPS) is 12.4. The second-order valence-electron chi connectivity index (χ2n) is 4.31. The summed E-state index contributed by atoms with van der Waals surface area (Å²) in [5.41, 5.74) is 1.38. The number of hydrogen-bond acceptors (Lipinski definition) is 2. The lowest BCUT2D eigenvalue weighted by Gasteiger charge is -2.20. The van der Waals surface area contributed by atoms with E-state index in [1.807, 2.05) is 12.1 Å². The maximum absolute atomic E-state index is 14.1. The summed E-state index contributed by atoms with van der Waals surface area (Å²) < 4.78 is 14.1. The first kappa shape index (κ1) is 14.0. The monoisotopic (exact) mass is 278 g/mol. The van der Waals surface area contributed by atoms with Gasteiger partial charge in [0.25, 0.3) is 0 Å². The molecule has 1 atom stereocenters. The smallest absolute Gasteiger partial charge is 0.129 e. The topological polar surface area (TPSA) is 24.9 Å². The van der Waals surface area contributed by atoms with Crippen molar-refractivity contribution >= 4 is 11.6 Å². The highest BCUT2D eigenvalue weighted by molar-refractivity contribution is 6.31. The minimum atomic E-state index is -0.301. The molecule has 0 spiro atoms. The summed E-state index contributed by atoms with van der Waals surface area (Å²) in [4.78, 5) is 4.09. The summed E-state index contributed by atoms with van der Waals surface area (Å²) in [6.45, 7) is 2.85. The van der Waals surface area contributed by atoms with E-state index in [1.165, 1.54) is 6.07 Å². The molecule has 1 unspecified atom stereocenters. The Kier molecular flexibility index (Phi) is 4.88. The fourth-order valence-electron chi connectivity index (χ4n) is 2.01. The Labute approximate surface area is 117 Å². The molecule has 0 aliphatic rings. The van der Waals surface area contributed by atoms with Gasteiger partial charge in [0.2, 0.25) is 0 Å². The van der Waals surface area contributed by atoms with E-state index in [4.69, 9.17) is 11.6 Å². The molecule has 19 heavy (non-hydrogen) atoms. The minimum Gasteiger partial charge on any atom is -0.306 e.